The minimum absolute atomic E-state index is 0.0361. The molecule has 5 heteroatoms. The summed E-state index contributed by atoms with van der Waals surface area (Å²) < 4.78 is 26.4. The number of hydrogen-bond donors (Lipinski definition) is 0. The van der Waals surface area contributed by atoms with E-state index in [0.717, 1.165) is 25.0 Å². The van der Waals surface area contributed by atoms with E-state index in [1.54, 1.807) is 7.05 Å². The van der Waals surface area contributed by atoms with Crippen LogP contribution in [0.25, 0.3) is 0 Å². The maximum absolute atomic E-state index is 13.6. The zero-order valence-electron chi connectivity index (χ0n) is 11.3. The molecule has 0 saturated heterocycles. The lowest BCUT2D eigenvalue weighted by Crippen LogP contribution is -2.39. The highest BCUT2D eigenvalue weighted by Crippen LogP contribution is 2.39. The van der Waals surface area contributed by atoms with Gasteiger partial charge in [-0.15, -0.1) is 0 Å². The molecule has 1 aromatic carbocycles. The Morgan fingerprint density at radius 2 is 2.05 bits per heavy atom. The third kappa shape index (κ3) is 2.64. The number of nitriles is 1. The Kier molecular flexibility index (Phi) is 4.03. The van der Waals surface area contributed by atoms with Crippen LogP contribution in [-0.4, -0.2) is 17.9 Å². The molecule has 0 aliphatic heterocycles. The van der Waals surface area contributed by atoms with Crippen LogP contribution >= 0.6 is 0 Å². The molecule has 1 fully saturated rings. The second kappa shape index (κ2) is 5.58. The number of carbonyl (C=O) groups excluding carboxylic acids is 1. The standard InChI is InChI=1S/C15H16F2N2O/c1-19(9-11-4-5-12(16)8-13(11)17)14(20)15(10-18)6-2-3-7-15/h4-5,8H,2-3,6-7,9H2,1H3. The fourth-order valence-corrected chi connectivity index (χ4v) is 2.69. The summed E-state index contributed by atoms with van der Waals surface area (Å²) in [7, 11) is 1.54. The van der Waals surface area contributed by atoms with Crippen LogP contribution in [0.5, 0.6) is 0 Å². The molecular formula is C15H16F2N2O. The summed E-state index contributed by atoms with van der Waals surface area (Å²) in [6, 6.07) is 5.40. The lowest BCUT2D eigenvalue weighted by Gasteiger charge is -2.26. The van der Waals surface area contributed by atoms with Crippen molar-refractivity contribution in [1.29, 1.82) is 5.26 Å². The van der Waals surface area contributed by atoms with E-state index in [2.05, 4.69) is 6.07 Å². The Morgan fingerprint density at radius 1 is 1.40 bits per heavy atom. The maximum Gasteiger partial charge on any atom is 0.243 e. The van der Waals surface area contributed by atoms with Crippen LogP contribution in [0.15, 0.2) is 18.2 Å². The smallest absolute Gasteiger partial charge is 0.243 e. The molecule has 0 unspecified atom stereocenters. The van der Waals surface area contributed by atoms with Gasteiger partial charge in [0.1, 0.15) is 17.0 Å². The van der Waals surface area contributed by atoms with E-state index in [4.69, 9.17) is 0 Å². The molecule has 1 saturated carbocycles. The molecule has 2 rings (SSSR count). The monoisotopic (exact) mass is 278 g/mol. The van der Waals surface area contributed by atoms with E-state index in [-0.39, 0.29) is 18.0 Å². The van der Waals surface area contributed by atoms with Crippen molar-refractivity contribution in [2.75, 3.05) is 7.05 Å². The molecule has 1 aliphatic rings. The minimum Gasteiger partial charge on any atom is -0.340 e. The first-order valence-corrected chi connectivity index (χ1v) is 6.59. The highest BCUT2D eigenvalue weighted by Gasteiger charge is 2.43. The van der Waals surface area contributed by atoms with Crippen LogP contribution in [0.2, 0.25) is 0 Å². The van der Waals surface area contributed by atoms with Crippen molar-refractivity contribution in [3.05, 3.63) is 35.4 Å². The van der Waals surface area contributed by atoms with Gasteiger partial charge < -0.3 is 4.90 Å². The van der Waals surface area contributed by atoms with E-state index in [0.29, 0.717) is 12.8 Å². The SMILES string of the molecule is CN(Cc1ccc(F)cc1F)C(=O)C1(C#N)CCCC1. The minimum atomic E-state index is -0.967. The molecule has 3 nitrogen and oxygen atoms in total. The average molecular weight is 278 g/mol. The van der Waals surface area contributed by atoms with E-state index in [1.807, 2.05) is 0 Å². The summed E-state index contributed by atoms with van der Waals surface area (Å²) in [6.07, 6.45) is 2.83. The van der Waals surface area contributed by atoms with Crippen LogP contribution < -0.4 is 0 Å². The van der Waals surface area contributed by atoms with Gasteiger partial charge in [-0.05, 0) is 18.9 Å². The van der Waals surface area contributed by atoms with Gasteiger partial charge in [-0.3, -0.25) is 4.79 Å². The Morgan fingerprint density at radius 3 is 2.60 bits per heavy atom. The van der Waals surface area contributed by atoms with Gasteiger partial charge in [0.15, 0.2) is 0 Å². The zero-order chi connectivity index (χ0) is 14.8. The van der Waals surface area contributed by atoms with Gasteiger partial charge in [-0.25, -0.2) is 8.78 Å². The van der Waals surface area contributed by atoms with Crippen LogP contribution in [0, 0.1) is 28.4 Å². The van der Waals surface area contributed by atoms with Gasteiger partial charge >= 0.3 is 0 Å². The zero-order valence-corrected chi connectivity index (χ0v) is 11.3. The molecule has 0 aromatic heterocycles. The summed E-state index contributed by atoms with van der Waals surface area (Å²) in [5.74, 6) is -1.60. The van der Waals surface area contributed by atoms with Crippen LogP contribution in [-0.2, 0) is 11.3 Å². The number of carbonyl (C=O) groups is 1. The Hall–Kier alpha value is -1.96. The van der Waals surface area contributed by atoms with Gasteiger partial charge in [-0.2, -0.15) is 5.26 Å². The van der Waals surface area contributed by atoms with Crippen molar-refractivity contribution in [2.45, 2.75) is 32.2 Å². The second-order valence-electron chi connectivity index (χ2n) is 5.30. The lowest BCUT2D eigenvalue weighted by molar-refractivity contribution is -0.138. The molecule has 0 heterocycles. The molecule has 106 valence electrons. The molecule has 0 bridgehead atoms. The Labute approximate surface area is 116 Å². The molecule has 1 aliphatic carbocycles. The summed E-state index contributed by atoms with van der Waals surface area (Å²) in [6.45, 7) is 0.0361. The maximum atomic E-state index is 13.6. The number of halogens is 2. The fourth-order valence-electron chi connectivity index (χ4n) is 2.69. The van der Waals surface area contributed by atoms with Crippen LogP contribution in [0.1, 0.15) is 31.2 Å². The number of amides is 1. The Balaban J connectivity index is 2.13. The first-order chi connectivity index (χ1) is 9.48. The quantitative estimate of drug-likeness (QED) is 0.853. The van der Waals surface area contributed by atoms with Crippen molar-refractivity contribution in [1.82, 2.24) is 4.90 Å². The third-order valence-electron chi connectivity index (χ3n) is 3.85. The van der Waals surface area contributed by atoms with Gasteiger partial charge in [0.2, 0.25) is 5.91 Å². The lowest BCUT2D eigenvalue weighted by atomic mass is 9.86. The van der Waals surface area contributed by atoms with Gasteiger partial charge in [0, 0.05) is 25.2 Å². The molecular weight excluding hydrogens is 262 g/mol. The summed E-state index contributed by atoms with van der Waals surface area (Å²) in [5, 5.41) is 9.27. The van der Waals surface area contributed by atoms with E-state index < -0.39 is 17.0 Å². The largest absolute Gasteiger partial charge is 0.340 e. The molecule has 0 atom stereocenters. The van der Waals surface area contributed by atoms with E-state index >= 15 is 0 Å². The van der Waals surface area contributed by atoms with E-state index in [1.165, 1.54) is 11.0 Å². The molecule has 1 amide bonds. The molecule has 0 spiro atoms. The summed E-state index contributed by atoms with van der Waals surface area (Å²) in [4.78, 5) is 13.7. The van der Waals surface area contributed by atoms with Crippen LogP contribution in [0.3, 0.4) is 0 Å². The van der Waals surface area contributed by atoms with Crippen molar-refractivity contribution >= 4 is 5.91 Å². The average Bonchev–Trinajstić information content (AvgIpc) is 2.91. The highest BCUT2D eigenvalue weighted by molar-refractivity contribution is 5.85. The predicted molar refractivity (Wildman–Crippen MR) is 69.3 cm³/mol. The highest BCUT2D eigenvalue weighted by atomic mass is 19.1. The van der Waals surface area contributed by atoms with Crippen LogP contribution in [0.4, 0.5) is 8.78 Å². The molecule has 0 radical (unpaired) electrons. The number of hydrogen-bond acceptors (Lipinski definition) is 2. The Bertz CT molecular complexity index is 559. The molecule has 20 heavy (non-hydrogen) atoms. The number of rotatable bonds is 3. The van der Waals surface area contributed by atoms with Crippen molar-refractivity contribution in [2.24, 2.45) is 5.41 Å². The van der Waals surface area contributed by atoms with Gasteiger partial charge in [0.05, 0.1) is 6.07 Å². The van der Waals surface area contributed by atoms with Crippen molar-refractivity contribution < 1.29 is 13.6 Å². The second-order valence-corrected chi connectivity index (χ2v) is 5.30. The molecule has 0 N–H and O–H groups in total. The van der Waals surface area contributed by atoms with Gasteiger partial charge in [0.25, 0.3) is 0 Å². The first kappa shape index (κ1) is 14.4. The third-order valence-corrected chi connectivity index (χ3v) is 3.85. The number of nitrogens with zero attached hydrogens (tertiary/aromatic N) is 2. The normalized spacial score (nSPS) is 16.7. The summed E-state index contributed by atoms with van der Waals surface area (Å²) in [5.41, 5.74) is -0.723. The molecule has 1 aromatic rings. The van der Waals surface area contributed by atoms with Gasteiger partial charge in [-0.1, -0.05) is 18.9 Å². The topological polar surface area (TPSA) is 44.1 Å². The predicted octanol–water partition coefficient (Wildman–Crippen LogP) is 3.01. The van der Waals surface area contributed by atoms with Crippen molar-refractivity contribution in [3.63, 3.8) is 0 Å². The fraction of sp³-hybridized carbons (Fsp3) is 0.467. The van der Waals surface area contributed by atoms with Crippen molar-refractivity contribution in [3.8, 4) is 6.07 Å². The number of benzene rings is 1. The summed E-state index contributed by atoms with van der Waals surface area (Å²) >= 11 is 0. The van der Waals surface area contributed by atoms with E-state index in [9.17, 15) is 18.8 Å². The first-order valence-electron chi connectivity index (χ1n) is 6.59.